The summed E-state index contributed by atoms with van der Waals surface area (Å²) in [6, 6.07) is 15.0. The summed E-state index contributed by atoms with van der Waals surface area (Å²) in [4.78, 5) is 25.8. The fourth-order valence-corrected chi connectivity index (χ4v) is 2.20. The molecule has 20 heavy (non-hydrogen) atoms. The molecule has 1 atom stereocenters. The Hall–Kier alpha value is -2.66. The van der Waals surface area contributed by atoms with Gasteiger partial charge in [-0.25, -0.2) is 0 Å². The van der Waals surface area contributed by atoms with E-state index >= 15 is 0 Å². The van der Waals surface area contributed by atoms with Crippen molar-refractivity contribution in [1.82, 2.24) is 0 Å². The molecule has 1 aliphatic rings. The van der Waals surface area contributed by atoms with Crippen LogP contribution < -0.4 is 16.0 Å². The van der Waals surface area contributed by atoms with Crippen molar-refractivity contribution in [3.63, 3.8) is 0 Å². The van der Waals surface area contributed by atoms with Crippen molar-refractivity contribution < 1.29 is 9.59 Å². The Morgan fingerprint density at radius 2 is 1.60 bits per heavy atom. The van der Waals surface area contributed by atoms with E-state index in [1.54, 1.807) is 30.3 Å². The number of nitrogens with two attached hydrogens (primary N) is 1. The van der Waals surface area contributed by atoms with Gasteiger partial charge in [-0.15, -0.1) is 0 Å². The van der Waals surface area contributed by atoms with E-state index in [1.807, 2.05) is 24.3 Å². The van der Waals surface area contributed by atoms with Gasteiger partial charge in [-0.1, -0.05) is 30.3 Å². The van der Waals surface area contributed by atoms with E-state index in [-0.39, 0.29) is 0 Å². The van der Waals surface area contributed by atoms with Crippen LogP contribution in [0.4, 0.5) is 17.1 Å². The minimum Gasteiger partial charge on any atom is -0.322 e. The number of para-hydroxylation sites is 3. The predicted octanol–water partition coefficient (Wildman–Crippen LogP) is 1.63. The van der Waals surface area contributed by atoms with Crippen LogP contribution in [0.3, 0.4) is 0 Å². The van der Waals surface area contributed by atoms with Crippen molar-refractivity contribution in [1.29, 1.82) is 0 Å². The first-order chi connectivity index (χ1) is 9.68. The summed E-state index contributed by atoms with van der Waals surface area (Å²) in [6.45, 7) is 0. The van der Waals surface area contributed by atoms with E-state index in [0.29, 0.717) is 17.1 Å². The molecule has 0 aromatic heterocycles. The van der Waals surface area contributed by atoms with E-state index in [2.05, 4.69) is 5.32 Å². The van der Waals surface area contributed by atoms with Crippen LogP contribution in [0.15, 0.2) is 54.6 Å². The standard InChI is InChI=1S/C15H13N3O2/c16-13-14(19)17-11-8-4-5-9-12(11)18(15(13)20)10-6-2-1-3-7-10/h1-9,13H,16H2,(H,17,19). The largest absolute Gasteiger partial charge is 0.322 e. The van der Waals surface area contributed by atoms with Crippen molar-refractivity contribution >= 4 is 28.9 Å². The van der Waals surface area contributed by atoms with Crippen molar-refractivity contribution in [2.24, 2.45) is 5.73 Å². The molecule has 2 amide bonds. The van der Waals surface area contributed by atoms with Crippen molar-refractivity contribution in [3.8, 4) is 0 Å². The van der Waals surface area contributed by atoms with Crippen molar-refractivity contribution in [2.45, 2.75) is 6.04 Å². The van der Waals surface area contributed by atoms with Gasteiger partial charge >= 0.3 is 0 Å². The normalized spacial score (nSPS) is 18.2. The molecule has 2 aromatic carbocycles. The van der Waals surface area contributed by atoms with Gasteiger partial charge in [0.2, 0.25) is 0 Å². The molecule has 0 saturated heterocycles. The average Bonchev–Trinajstić information content (AvgIpc) is 2.57. The van der Waals surface area contributed by atoms with Crippen LogP contribution >= 0.6 is 0 Å². The summed E-state index contributed by atoms with van der Waals surface area (Å²) in [5.74, 6) is -0.945. The monoisotopic (exact) mass is 267 g/mol. The number of fused-ring (bicyclic) bond motifs is 1. The first-order valence-corrected chi connectivity index (χ1v) is 6.23. The van der Waals surface area contributed by atoms with E-state index in [9.17, 15) is 9.59 Å². The number of rotatable bonds is 1. The first kappa shape index (κ1) is 12.4. The smallest absolute Gasteiger partial charge is 0.258 e. The lowest BCUT2D eigenvalue weighted by Crippen LogP contribution is -2.46. The molecule has 1 heterocycles. The molecule has 0 bridgehead atoms. The van der Waals surface area contributed by atoms with Crippen LogP contribution in [0.2, 0.25) is 0 Å². The number of hydrogen-bond acceptors (Lipinski definition) is 3. The third-order valence-electron chi connectivity index (χ3n) is 3.19. The molecule has 1 unspecified atom stereocenters. The summed E-state index contributed by atoms with van der Waals surface area (Å²) in [5, 5.41) is 2.68. The minimum atomic E-state index is -1.22. The summed E-state index contributed by atoms with van der Waals surface area (Å²) in [6.07, 6.45) is 0. The van der Waals surface area contributed by atoms with Crippen molar-refractivity contribution in [2.75, 3.05) is 10.2 Å². The third kappa shape index (κ3) is 1.94. The topological polar surface area (TPSA) is 75.4 Å². The second-order valence-corrected chi connectivity index (χ2v) is 4.49. The van der Waals surface area contributed by atoms with E-state index in [0.717, 1.165) is 0 Å². The zero-order valence-electron chi connectivity index (χ0n) is 10.6. The Labute approximate surface area is 116 Å². The number of nitrogens with zero attached hydrogens (tertiary/aromatic N) is 1. The zero-order chi connectivity index (χ0) is 14.1. The molecule has 0 aliphatic carbocycles. The Bertz CT molecular complexity index is 670. The quantitative estimate of drug-likeness (QED) is 0.771. The summed E-state index contributed by atoms with van der Waals surface area (Å²) < 4.78 is 0. The Morgan fingerprint density at radius 3 is 2.35 bits per heavy atom. The number of anilines is 3. The van der Waals surface area contributed by atoms with Crippen LogP contribution in [0.5, 0.6) is 0 Å². The average molecular weight is 267 g/mol. The molecule has 5 heteroatoms. The lowest BCUT2D eigenvalue weighted by molar-refractivity contribution is -0.126. The molecular weight excluding hydrogens is 254 g/mol. The maximum Gasteiger partial charge on any atom is 0.258 e. The molecule has 0 spiro atoms. The minimum absolute atomic E-state index is 0.446. The van der Waals surface area contributed by atoms with E-state index < -0.39 is 17.9 Å². The van der Waals surface area contributed by atoms with Gasteiger partial charge in [0.05, 0.1) is 11.4 Å². The van der Waals surface area contributed by atoms with Gasteiger partial charge in [-0.2, -0.15) is 0 Å². The van der Waals surface area contributed by atoms with Crippen LogP contribution in [0.1, 0.15) is 0 Å². The lowest BCUT2D eigenvalue weighted by Gasteiger charge is -2.23. The van der Waals surface area contributed by atoms with Crippen LogP contribution in [-0.4, -0.2) is 17.9 Å². The highest BCUT2D eigenvalue weighted by atomic mass is 16.2. The fourth-order valence-electron chi connectivity index (χ4n) is 2.20. The number of amides is 2. The van der Waals surface area contributed by atoms with E-state index in [1.165, 1.54) is 4.90 Å². The van der Waals surface area contributed by atoms with Gasteiger partial charge in [0.25, 0.3) is 11.8 Å². The predicted molar refractivity (Wildman–Crippen MR) is 76.6 cm³/mol. The Morgan fingerprint density at radius 1 is 0.950 bits per heavy atom. The van der Waals surface area contributed by atoms with Crippen LogP contribution in [-0.2, 0) is 9.59 Å². The van der Waals surface area contributed by atoms with Gasteiger partial charge in [-0.3, -0.25) is 14.5 Å². The second kappa shape index (κ2) is 4.79. The Balaban J connectivity index is 2.20. The molecule has 100 valence electrons. The van der Waals surface area contributed by atoms with Gasteiger partial charge in [0.15, 0.2) is 6.04 Å². The van der Waals surface area contributed by atoms with Gasteiger partial charge < -0.3 is 11.1 Å². The van der Waals surface area contributed by atoms with Gasteiger partial charge in [-0.05, 0) is 24.3 Å². The number of hydrogen-bond donors (Lipinski definition) is 2. The number of nitrogens with one attached hydrogen (secondary N) is 1. The molecule has 0 fully saturated rings. The fraction of sp³-hybridized carbons (Fsp3) is 0.0667. The molecule has 2 aromatic rings. The highest BCUT2D eigenvalue weighted by Crippen LogP contribution is 2.34. The number of benzene rings is 2. The molecule has 0 saturated carbocycles. The van der Waals surface area contributed by atoms with Crippen molar-refractivity contribution in [3.05, 3.63) is 54.6 Å². The van der Waals surface area contributed by atoms with Gasteiger partial charge in [0, 0.05) is 5.69 Å². The highest BCUT2D eigenvalue weighted by Gasteiger charge is 2.34. The third-order valence-corrected chi connectivity index (χ3v) is 3.19. The summed E-state index contributed by atoms with van der Waals surface area (Å²) in [5.41, 5.74) is 7.59. The highest BCUT2D eigenvalue weighted by molar-refractivity contribution is 6.21. The summed E-state index contributed by atoms with van der Waals surface area (Å²) >= 11 is 0. The molecule has 3 N–H and O–H groups in total. The lowest BCUT2D eigenvalue weighted by atomic mass is 10.2. The molecule has 3 rings (SSSR count). The molecular formula is C15H13N3O2. The SMILES string of the molecule is NC1C(=O)Nc2ccccc2N(c2ccccc2)C1=O. The molecule has 1 aliphatic heterocycles. The maximum absolute atomic E-state index is 12.5. The van der Waals surface area contributed by atoms with Crippen LogP contribution in [0.25, 0.3) is 0 Å². The van der Waals surface area contributed by atoms with Crippen LogP contribution in [0, 0.1) is 0 Å². The molecule has 0 radical (unpaired) electrons. The molecule has 5 nitrogen and oxygen atoms in total. The zero-order valence-corrected chi connectivity index (χ0v) is 10.6. The maximum atomic E-state index is 12.5. The summed E-state index contributed by atoms with van der Waals surface area (Å²) in [7, 11) is 0. The van der Waals surface area contributed by atoms with E-state index in [4.69, 9.17) is 5.73 Å². The first-order valence-electron chi connectivity index (χ1n) is 6.23. The number of carbonyl (C=O) groups is 2. The Kier molecular flexibility index (Phi) is 2.96. The second-order valence-electron chi connectivity index (χ2n) is 4.49. The number of carbonyl (C=O) groups excluding carboxylic acids is 2. The van der Waals surface area contributed by atoms with Gasteiger partial charge in [0.1, 0.15) is 0 Å².